The number of hydrogen-bond acceptors (Lipinski definition) is 4. The van der Waals surface area contributed by atoms with Crippen LogP contribution in [0.5, 0.6) is 0 Å². The SMILES string of the molecule is CCCC1C=C2N=C(Nc3cccc(C(F)(F)F)c3)C=CN2CC1=O. The fraction of sp³-hybridized carbons (Fsp3) is 0.333. The normalized spacial score (nSPS) is 20.1. The first-order valence-corrected chi connectivity index (χ1v) is 8.09. The summed E-state index contributed by atoms with van der Waals surface area (Å²) < 4.78 is 38.4. The van der Waals surface area contributed by atoms with Gasteiger partial charge in [-0.15, -0.1) is 0 Å². The second-order valence-corrected chi connectivity index (χ2v) is 6.03. The van der Waals surface area contributed by atoms with Crippen LogP contribution in [0, 0.1) is 5.92 Å². The first kappa shape index (κ1) is 17.3. The van der Waals surface area contributed by atoms with Crippen LogP contribution < -0.4 is 5.32 Å². The number of anilines is 1. The number of nitrogens with zero attached hydrogens (tertiary/aromatic N) is 2. The molecule has 2 aliphatic rings. The topological polar surface area (TPSA) is 44.7 Å². The zero-order chi connectivity index (χ0) is 18.0. The molecule has 0 aromatic heterocycles. The molecule has 0 radical (unpaired) electrons. The Kier molecular flexibility index (Phi) is 4.65. The highest BCUT2D eigenvalue weighted by Crippen LogP contribution is 2.31. The summed E-state index contributed by atoms with van der Waals surface area (Å²) in [4.78, 5) is 18.2. The molecule has 3 rings (SSSR count). The lowest BCUT2D eigenvalue weighted by atomic mass is 9.95. The number of aliphatic imine (C=N–C) groups is 1. The Morgan fingerprint density at radius 3 is 2.88 bits per heavy atom. The van der Waals surface area contributed by atoms with E-state index in [0.717, 1.165) is 25.0 Å². The number of rotatable bonds is 3. The Morgan fingerprint density at radius 1 is 1.36 bits per heavy atom. The minimum absolute atomic E-state index is 0.152. The third-order valence-corrected chi connectivity index (χ3v) is 4.09. The fourth-order valence-corrected chi connectivity index (χ4v) is 2.83. The number of halogens is 3. The molecule has 2 aliphatic heterocycles. The monoisotopic (exact) mass is 349 g/mol. The van der Waals surface area contributed by atoms with Crippen molar-refractivity contribution in [3.8, 4) is 0 Å². The van der Waals surface area contributed by atoms with E-state index in [1.807, 2.05) is 13.0 Å². The Bertz CT molecular complexity index is 765. The molecule has 0 amide bonds. The van der Waals surface area contributed by atoms with E-state index in [1.54, 1.807) is 23.2 Å². The summed E-state index contributed by atoms with van der Waals surface area (Å²) in [5.74, 6) is 1.09. The van der Waals surface area contributed by atoms with Crippen molar-refractivity contribution < 1.29 is 18.0 Å². The molecule has 1 atom stereocenters. The van der Waals surface area contributed by atoms with E-state index in [0.29, 0.717) is 17.3 Å². The van der Waals surface area contributed by atoms with Gasteiger partial charge in [0.15, 0.2) is 5.78 Å². The Labute approximate surface area is 143 Å². The number of carbonyl (C=O) groups excluding carboxylic acids is 1. The smallest absolute Gasteiger partial charge is 0.340 e. The predicted molar refractivity (Wildman–Crippen MR) is 89.8 cm³/mol. The summed E-state index contributed by atoms with van der Waals surface area (Å²) >= 11 is 0. The molecule has 0 saturated carbocycles. The highest BCUT2D eigenvalue weighted by molar-refractivity contribution is 6.05. The second kappa shape index (κ2) is 6.74. The van der Waals surface area contributed by atoms with Crippen molar-refractivity contribution in [2.24, 2.45) is 10.9 Å². The van der Waals surface area contributed by atoms with Crippen molar-refractivity contribution in [3.05, 3.63) is 54.0 Å². The van der Waals surface area contributed by atoms with Gasteiger partial charge in [0.05, 0.1) is 12.1 Å². The maximum Gasteiger partial charge on any atom is 0.416 e. The number of nitrogens with one attached hydrogen (secondary N) is 1. The van der Waals surface area contributed by atoms with Crippen molar-refractivity contribution in [2.75, 3.05) is 11.9 Å². The predicted octanol–water partition coefficient (Wildman–Crippen LogP) is 4.19. The summed E-state index contributed by atoms with van der Waals surface area (Å²) in [5, 5.41) is 2.90. The molecule has 0 spiro atoms. The maximum absolute atomic E-state index is 12.8. The second-order valence-electron chi connectivity index (χ2n) is 6.03. The zero-order valence-electron chi connectivity index (χ0n) is 13.7. The summed E-state index contributed by atoms with van der Waals surface area (Å²) in [6.45, 7) is 2.29. The highest BCUT2D eigenvalue weighted by atomic mass is 19.4. The largest absolute Gasteiger partial charge is 0.416 e. The van der Waals surface area contributed by atoms with E-state index in [2.05, 4.69) is 10.3 Å². The summed E-state index contributed by atoms with van der Waals surface area (Å²) in [7, 11) is 0. The van der Waals surface area contributed by atoms with Crippen LogP contribution in [0.1, 0.15) is 25.3 Å². The van der Waals surface area contributed by atoms with Gasteiger partial charge in [-0.2, -0.15) is 13.2 Å². The number of Topliss-reactive ketones (excluding diaryl/α,β-unsaturated/α-hetero) is 1. The van der Waals surface area contributed by atoms with E-state index in [9.17, 15) is 18.0 Å². The number of alkyl halides is 3. The van der Waals surface area contributed by atoms with Gasteiger partial charge >= 0.3 is 6.18 Å². The van der Waals surface area contributed by atoms with E-state index in [1.165, 1.54) is 6.07 Å². The molecule has 2 heterocycles. The molecular formula is C18H18F3N3O. The highest BCUT2D eigenvalue weighted by Gasteiger charge is 2.30. The number of ketones is 1. The fourth-order valence-electron chi connectivity index (χ4n) is 2.83. The van der Waals surface area contributed by atoms with Crippen LogP contribution in [-0.4, -0.2) is 23.1 Å². The van der Waals surface area contributed by atoms with Gasteiger partial charge in [-0.1, -0.05) is 19.4 Å². The average Bonchev–Trinajstić information content (AvgIpc) is 2.56. The van der Waals surface area contributed by atoms with Gasteiger partial charge in [-0.3, -0.25) is 4.79 Å². The van der Waals surface area contributed by atoms with E-state index in [-0.39, 0.29) is 18.2 Å². The van der Waals surface area contributed by atoms with E-state index >= 15 is 0 Å². The van der Waals surface area contributed by atoms with Crippen LogP contribution in [0.15, 0.2) is 53.4 Å². The quantitative estimate of drug-likeness (QED) is 0.890. The molecule has 132 valence electrons. The van der Waals surface area contributed by atoms with Crippen LogP contribution in [-0.2, 0) is 11.0 Å². The van der Waals surface area contributed by atoms with Gasteiger partial charge in [0, 0.05) is 17.8 Å². The molecule has 1 aromatic carbocycles. The molecule has 0 bridgehead atoms. The number of fused-ring (bicyclic) bond motifs is 1. The summed E-state index contributed by atoms with van der Waals surface area (Å²) in [6.07, 6.45) is 2.46. The first-order chi connectivity index (χ1) is 11.9. The van der Waals surface area contributed by atoms with Crippen LogP contribution in [0.4, 0.5) is 18.9 Å². The van der Waals surface area contributed by atoms with Crippen molar-refractivity contribution in [1.29, 1.82) is 0 Å². The van der Waals surface area contributed by atoms with Crippen molar-refractivity contribution in [3.63, 3.8) is 0 Å². The standard InChI is InChI=1S/C18H18F3N3O/c1-2-4-12-9-17-23-16(7-8-24(17)11-15(12)25)22-14-6-3-5-13(10-14)18(19,20)21/h3,5-10,12H,2,4,11H2,1H3,(H,22,23). The Morgan fingerprint density at radius 2 is 2.16 bits per heavy atom. The lowest BCUT2D eigenvalue weighted by Gasteiger charge is -2.30. The number of hydrogen-bond donors (Lipinski definition) is 1. The van der Waals surface area contributed by atoms with Gasteiger partial charge in [0.1, 0.15) is 11.7 Å². The van der Waals surface area contributed by atoms with Gasteiger partial charge in [-0.05, 0) is 36.8 Å². The molecule has 1 N–H and O–H groups in total. The molecule has 0 fully saturated rings. The minimum Gasteiger partial charge on any atom is -0.340 e. The van der Waals surface area contributed by atoms with Gasteiger partial charge < -0.3 is 10.2 Å². The minimum atomic E-state index is -4.39. The lowest BCUT2D eigenvalue weighted by molar-refractivity contribution is -0.137. The van der Waals surface area contributed by atoms with Crippen LogP contribution >= 0.6 is 0 Å². The Hall–Kier alpha value is -2.57. The molecule has 4 nitrogen and oxygen atoms in total. The van der Waals surface area contributed by atoms with Gasteiger partial charge in [-0.25, -0.2) is 4.99 Å². The molecule has 7 heteroatoms. The van der Waals surface area contributed by atoms with Gasteiger partial charge in [0.25, 0.3) is 0 Å². The number of amidine groups is 1. The van der Waals surface area contributed by atoms with Crippen LogP contribution in [0.3, 0.4) is 0 Å². The van der Waals surface area contributed by atoms with Crippen molar-refractivity contribution in [2.45, 2.75) is 25.9 Å². The van der Waals surface area contributed by atoms with Gasteiger partial charge in [0.2, 0.25) is 0 Å². The third kappa shape index (κ3) is 3.92. The van der Waals surface area contributed by atoms with Crippen LogP contribution in [0.2, 0.25) is 0 Å². The number of benzene rings is 1. The molecule has 0 saturated heterocycles. The average molecular weight is 349 g/mol. The maximum atomic E-state index is 12.8. The summed E-state index contributed by atoms with van der Waals surface area (Å²) in [5.41, 5.74) is -0.408. The number of allylic oxidation sites excluding steroid dienone is 1. The van der Waals surface area contributed by atoms with E-state index in [4.69, 9.17) is 0 Å². The molecular weight excluding hydrogens is 331 g/mol. The molecule has 25 heavy (non-hydrogen) atoms. The van der Waals surface area contributed by atoms with Crippen molar-refractivity contribution >= 4 is 17.3 Å². The molecule has 1 aromatic rings. The Balaban J connectivity index is 1.81. The van der Waals surface area contributed by atoms with Crippen LogP contribution in [0.25, 0.3) is 0 Å². The lowest BCUT2D eigenvalue weighted by Crippen LogP contribution is -2.35. The zero-order valence-corrected chi connectivity index (χ0v) is 13.7. The van der Waals surface area contributed by atoms with Crippen molar-refractivity contribution in [1.82, 2.24) is 4.90 Å². The first-order valence-electron chi connectivity index (χ1n) is 8.09. The van der Waals surface area contributed by atoms with E-state index < -0.39 is 11.7 Å². The summed E-state index contributed by atoms with van der Waals surface area (Å²) in [6, 6.07) is 4.97. The molecule has 1 unspecified atom stereocenters. The third-order valence-electron chi connectivity index (χ3n) is 4.09. The molecule has 0 aliphatic carbocycles. The number of carbonyl (C=O) groups is 1.